The van der Waals surface area contributed by atoms with Crippen LogP contribution in [-0.4, -0.2) is 49.7 Å². The first kappa shape index (κ1) is 19.2. The van der Waals surface area contributed by atoms with Gasteiger partial charge in [-0.25, -0.2) is 14.4 Å². The standard InChI is InChI=1S/C19H16Cl2FN3O4/c20-8-1-2-9-11(5-8)12(22)6-28-15(9)16-13(26)14(27)19(29-16)25-4-3-10-17(21)23-7-24-18(10)25/h1-5,7,12-16,19,26-27H,6H2/t12-,13-,14+,15+,16?,19+/m0/s1. The van der Waals surface area contributed by atoms with Crippen molar-refractivity contribution < 1.29 is 24.1 Å². The van der Waals surface area contributed by atoms with Crippen molar-refractivity contribution >= 4 is 34.2 Å². The second kappa shape index (κ2) is 7.16. The maximum atomic E-state index is 14.3. The smallest absolute Gasteiger partial charge is 0.164 e. The molecule has 0 radical (unpaired) electrons. The SMILES string of the molecule is O[C@@H]1[C@H](O)C([C@@H]2OC[C@H](F)c3cc(Cl)ccc32)O[C@H]1n1ccc2c(Cl)ncnc21. The average Bonchev–Trinajstić information content (AvgIpc) is 3.26. The van der Waals surface area contributed by atoms with Gasteiger partial charge in [0.2, 0.25) is 0 Å². The van der Waals surface area contributed by atoms with Crippen molar-refractivity contribution in [3.63, 3.8) is 0 Å². The van der Waals surface area contributed by atoms with E-state index in [1.165, 1.54) is 6.33 Å². The summed E-state index contributed by atoms with van der Waals surface area (Å²) in [5.74, 6) is 0. The molecule has 2 N–H and O–H groups in total. The molecule has 6 atom stereocenters. The van der Waals surface area contributed by atoms with Crippen LogP contribution >= 0.6 is 23.2 Å². The second-order valence-corrected chi connectivity index (χ2v) is 7.89. The van der Waals surface area contributed by atoms with Crippen LogP contribution in [0.25, 0.3) is 11.0 Å². The lowest BCUT2D eigenvalue weighted by atomic mass is 9.91. The van der Waals surface area contributed by atoms with Gasteiger partial charge in [0, 0.05) is 11.2 Å². The van der Waals surface area contributed by atoms with Crippen LogP contribution in [0.5, 0.6) is 0 Å². The lowest BCUT2D eigenvalue weighted by Crippen LogP contribution is -2.38. The molecule has 10 heteroatoms. The molecule has 1 fully saturated rings. The van der Waals surface area contributed by atoms with Gasteiger partial charge >= 0.3 is 0 Å². The summed E-state index contributed by atoms with van der Waals surface area (Å²) in [5.41, 5.74) is 1.39. The predicted octanol–water partition coefficient (Wildman–Crippen LogP) is 3.14. The highest BCUT2D eigenvalue weighted by Crippen LogP contribution is 2.44. The van der Waals surface area contributed by atoms with Crippen LogP contribution in [0.1, 0.15) is 29.6 Å². The highest BCUT2D eigenvalue weighted by molar-refractivity contribution is 6.33. The van der Waals surface area contributed by atoms with Gasteiger partial charge in [-0.05, 0) is 29.3 Å². The van der Waals surface area contributed by atoms with Crippen LogP contribution in [0.3, 0.4) is 0 Å². The van der Waals surface area contributed by atoms with E-state index in [0.29, 0.717) is 27.2 Å². The van der Waals surface area contributed by atoms with Gasteiger partial charge in [0.15, 0.2) is 6.23 Å². The molecule has 7 nitrogen and oxygen atoms in total. The van der Waals surface area contributed by atoms with E-state index in [9.17, 15) is 14.6 Å². The van der Waals surface area contributed by atoms with Gasteiger partial charge in [-0.2, -0.15) is 0 Å². The molecule has 2 aliphatic rings. The van der Waals surface area contributed by atoms with Crippen LogP contribution in [0.2, 0.25) is 10.2 Å². The van der Waals surface area contributed by atoms with E-state index in [-0.39, 0.29) is 11.8 Å². The number of rotatable bonds is 2. The van der Waals surface area contributed by atoms with E-state index in [1.54, 1.807) is 35.0 Å². The van der Waals surface area contributed by atoms with Crippen LogP contribution < -0.4 is 0 Å². The zero-order valence-corrected chi connectivity index (χ0v) is 16.3. The number of aliphatic hydroxyl groups excluding tert-OH is 2. The fourth-order valence-corrected chi connectivity index (χ4v) is 4.40. The van der Waals surface area contributed by atoms with Crippen LogP contribution in [-0.2, 0) is 9.47 Å². The monoisotopic (exact) mass is 439 g/mol. The number of aromatic nitrogens is 3. The third-order valence-electron chi connectivity index (χ3n) is 5.42. The van der Waals surface area contributed by atoms with Crippen molar-refractivity contribution in [2.75, 3.05) is 6.61 Å². The number of benzene rings is 1. The molecule has 1 saturated heterocycles. The molecule has 2 aromatic heterocycles. The highest BCUT2D eigenvalue weighted by atomic mass is 35.5. The minimum atomic E-state index is -1.33. The number of aliphatic hydroxyl groups is 2. The third-order valence-corrected chi connectivity index (χ3v) is 5.96. The number of hydrogen-bond donors (Lipinski definition) is 2. The Hall–Kier alpha value is -1.81. The molecule has 0 saturated carbocycles. The van der Waals surface area contributed by atoms with Crippen molar-refractivity contribution in [2.24, 2.45) is 0 Å². The Kier molecular flexibility index (Phi) is 4.73. The zero-order valence-electron chi connectivity index (χ0n) is 14.8. The summed E-state index contributed by atoms with van der Waals surface area (Å²) in [5, 5.41) is 22.7. The number of nitrogens with zero attached hydrogens (tertiary/aromatic N) is 3. The van der Waals surface area contributed by atoms with E-state index in [1.807, 2.05) is 0 Å². The molecule has 1 unspecified atom stereocenters. The quantitative estimate of drug-likeness (QED) is 0.596. The molecule has 0 aliphatic carbocycles. The summed E-state index contributed by atoms with van der Waals surface area (Å²) in [6.07, 6.45) is -3.50. The average molecular weight is 440 g/mol. The molecule has 0 spiro atoms. The number of halogens is 3. The summed E-state index contributed by atoms with van der Waals surface area (Å²) in [6.45, 7) is -0.194. The predicted molar refractivity (Wildman–Crippen MR) is 102 cm³/mol. The molecule has 3 aromatic rings. The summed E-state index contributed by atoms with van der Waals surface area (Å²) in [7, 11) is 0. The molecule has 1 aromatic carbocycles. The minimum Gasteiger partial charge on any atom is -0.387 e. The Balaban J connectivity index is 1.51. The maximum Gasteiger partial charge on any atom is 0.164 e. The molecule has 0 amide bonds. The Morgan fingerprint density at radius 1 is 1.10 bits per heavy atom. The minimum absolute atomic E-state index is 0.194. The molecule has 2 aliphatic heterocycles. The number of hydrogen-bond acceptors (Lipinski definition) is 6. The van der Waals surface area contributed by atoms with Gasteiger partial charge in [-0.15, -0.1) is 0 Å². The first-order valence-electron chi connectivity index (χ1n) is 8.99. The van der Waals surface area contributed by atoms with Crippen molar-refractivity contribution in [1.82, 2.24) is 14.5 Å². The highest BCUT2D eigenvalue weighted by Gasteiger charge is 2.50. The van der Waals surface area contributed by atoms with Crippen LogP contribution in [0, 0.1) is 0 Å². The number of fused-ring (bicyclic) bond motifs is 2. The summed E-state index contributed by atoms with van der Waals surface area (Å²) in [6, 6.07) is 6.53. The molecule has 0 bridgehead atoms. The summed E-state index contributed by atoms with van der Waals surface area (Å²) >= 11 is 12.1. The van der Waals surface area contributed by atoms with Crippen LogP contribution in [0.4, 0.5) is 4.39 Å². The Morgan fingerprint density at radius 3 is 2.76 bits per heavy atom. The summed E-state index contributed by atoms with van der Waals surface area (Å²) < 4.78 is 27.6. The molecule has 5 rings (SSSR count). The lowest BCUT2D eigenvalue weighted by molar-refractivity contribution is -0.124. The van der Waals surface area contributed by atoms with Gasteiger partial charge in [0.1, 0.15) is 47.7 Å². The van der Waals surface area contributed by atoms with Gasteiger partial charge < -0.3 is 24.3 Å². The van der Waals surface area contributed by atoms with E-state index in [0.717, 1.165) is 0 Å². The van der Waals surface area contributed by atoms with E-state index >= 15 is 0 Å². The van der Waals surface area contributed by atoms with Crippen molar-refractivity contribution in [1.29, 1.82) is 0 Å². The molecular formula is C19H16Cl2FN3O4. The van der Waals surface area contributed by atoms with Crippen molar-refractivity contribution in [3.05, 3.63) is 58.1 Å². The number of alkyl halides is 1. The normalized spacial score (nSPS) is 31.9. The van der Waals surface area contributed by atoms with Gasteiger partial charge in [-0.1, -0.05) is 29.3 Å². The number of ether oxygens (including phenoxy) is 2. The Labute approximate surface area is 174 Å². The summed E-state index contributed by atoms with van der Waals surface area (Å²) in [4.78, 5) is 8.13. The van der Waals surface area contributed by atoms with Crippen molar-refractivity contribution in [3.8, 4) is 0 Å². The largest absolute Gasteiger partial charge is 0.387 e. The van der Waals surface area contributed by atoms with Crippen molar-refractivity contribution in [2.45, 2.75) is 36.8 Å². The first-order valence-corrected chi connectivity index (χ1v) is 9.75. The third kappa shape index (κ3) is 3.02. The Morgan fingerprint density at radius 2 is 1.93 bits per heavy atom. The Bertz CT molecular complexity index is 1080. The van der Waals surface area contributed by atoms with E-state index < -0.39 is 36.8 Å². The van der Waals surface area contributed by atoms with E-state index in [4.69, 9.17) is 32.7 Å². The van der Waals surface area contributed by atoms with Gasteiger partial charge in [-0.3, -0.25) is 0 Å². The fourth-order valence-electron chi connectivity index (χ4n) is 4.03. The fraction of sp³-hybridized carbons (Fsp3) is 0.368. The first-order chi connectivity index (χ1) is 14.0. The zero-order chi connectivity index (χ0) is 20.3. The molecular weight excluding hydrogens is 424 g/mol. The van der Waals surface area contributed by atoms with Gasteiger partial charge in [0.25, 0.3) is 0 Å². The molecule has 152 valence electrons. The van der Waals surface area contributed by atoms with E-state index in [2.05, 4.69) is 9.97 Å². The second-order valence-electron chi connectivity index (χ2n) is 7.09. The molecule has 29 heavy (non-hydrogen) atoms. The lowest BCUT2D eigenvalue weighted by Gasteiger charge is -2.33. The molecule has 4 heterocycles. The van der Waals surface area contributed by atoms with Gasteiger partial charge in [0.05, 0.1) is 12.0 Å². The van der Waals surface area contributed by atoms with Crippen LogP contribution in [0.15, 0.2) is 36.8 Å². The topological polar surface area (TPSA) is 89.6 Å². The maximum absolute atomic E-state index is 14.3.